The summed E-state index contributed by atoms with van der Waals surface area (Å²) in [5, 5.41) is 0. The van der Waals surface area contributed by atoms with E-state index in [1.54, 1.807) is 0 Å². The van der Waals surface area contributed by atoms with E-state index in [0.717, 1.165) is 44.7 Å². The van der Waals surface area contributed by atoms with Crippen LogP contribution in [-0.2, 0) is 4.79 Å². The first-order valence-electron chi connectivity index (χ1n) is 7.97. The van der Waals surface area contributed by atoms with Crippen LogP contribution in [0.25, 0.3) is 0 Å². The maximum Gasteiger partial charge on any atom is 0.239 e. The van der Waals surface area contributed by atoms with E-state index in [0.29, 0.717) is 0 Å². The first-order valence-corrected chi connectivity index (χ1v) is 7.97. The average Bonchev–Trinajstić information content (AvgIpc) is 2.92. The predicted octanol–water partition coefficient (Wildman–Crippen LogP) is 1.87. The molecule has 2 fully saturated rings. The molecule has 1 atom stereocenters. The van der Waals surface area contributed by atoms with Crippen molar-refractivity contribution in [2.45, 2.75) is 51.5 Å². The summed E-state index contributed by atoms with van der Waals surface area (Å²) in [5.74, 6) is 0.950. The van der Waals surface area contributed by atoms with Gasteiger partial charge in [-0.15, -0.1) is 12.4 Å². The van der Waals surface area contributed by atoms with Gasteiger partial charge in [0.15, 0.2) is 0 Å². The molecule has 2 heterocycles. The Balaban J connectivity index is 0.00000200. The van der Waals surface area contributed by atoms with Crippen LogP contribution in [0, 0.1) is 5.92 Å². The van der Waals surface area contributed by atoms with E-state index in [-0.39, 0.29) is 24.4 Å². The zero-order chi connectivity index (χ0) is 13.7. The lowest BCUT2D eigenvalue weighted by Gasteiger charge is -2.35. The number of carbonyl (C=O) groups is 1. The van der Waals surface area contributed by atoms with Gasteiger partial charge in [0, 0.05) is 19.6 Å². The standard InChI is InChI=1S/C15H29N3O.ClH/c1-2-5-14(16)15(19)18-10-6-13(7-11-18)12-17-8-3-4-9-17;/h13-14H,2-12,16H2,1H3;1H. The third kappa shape index (κ3) is 4.90. The molecular formula is C15H30ClN3O. The second kappa shape index (κ2) is 8.85. The van der Waals surface area contributed by atoms with Crippen LogP contribution >= 0.6 is 12.4 Å². The number of amides is 1. The predicted molar refractivity (Wildman–Crippen MR) is 85.1 cm³/mol. The monoisotopic (exact) mass is 303 g/mol. The number of rotatable bonds is 5. The Kier molecular flexibility index (Phi) is 7.85. The summed E-state index contributed by atoms with van der Waals surface area (Å²) in [6.45, 7) is 7.70. The van der Waals surface area contributed by atoms with Crippen molar-refractivity contribution >= 4 is 18.3 Å². The number of halogens is 1. The number of hydrogen-bond donors (Lipinski definition) is 1. The van der Waals surface area contributed by atoms with Crippen molar-refractivity contribution in [3.63, 3.8) is 0 Å². The zero-order valence-electron chi connectivity index (χ0n) is 12.7. The molecule has 0 aromatic carbocycles. The van der Waals surface area contributed by atoms with Gasteiger partial charge in [0.05, 0.1) is 6.04 Å². The maximum atomic E-state index is 12.1. The van der Waals surface area contributed by atoms with Crippen molar-refractivity contribution in [2.24, 2.45) is 11.7 Å². The third-order valence-corrected chi connectivity index (χ3v) is 4.56. The molecule has 0 spiro atoms. The van der Waals surface area contributed by atoms with Crippen molar-refractivity contribution in [1.29, 1.82) is 0 Å². The van der Waals surface area contributed by atoms with E-state index in [1.165, 1.54) is 32.5 Å². The topological polar surface area (TPSA) is 49.6 Å². The zero-order valence-corrected chi connectivity index (χ0v) is 13.5. The number of nitrogens with two attached hydrogens (primary N) is 1. The largest absolute Gasteiger partial charge is 0.341 e. The van der Waals surface area contributed by atoms with Gasteiger partial charge in [-0.3, -0.25) is 4.79 Å². The minimum Gasteiger partial charge on any atom is -0.341 e. The van der Waals surface area contributed by atoms with Crippen LogP contribution in [0.15, 0.2) is 0 Å². The van der Waals surface area contributed by atoms with E-state index >= 15 is 0 Å². The Hall–Kier alpha value is -0.320. The van der Waals surface area contributed by atoms with Crippen LogP contribution in [0.2, 0.25) is 0 Å². The van der Waals surface area contributed by atoms with Crippen LogP contribution in [-0.4, -0.2) is 54.5 Å². The smallest absolute Gasteiger partial charge is 0.239 e. The molecule has 4 nitrogen and oxygen atoms in total. The Morgan fingerprint density at radius 2 is 1.80 bits per heavy atom. The Bertz CT molecular complexity index is 287. The first-order chi connectivity index (χ1) is 9.20. The SMILES string of the molecule is CCCC(N)C(=O)N1CCC(CN2CCCC2)CC1.Cl. The minimum absolute atomic E-state index is 0. The highest BCUT2D eigenvalue weighted by Crippen LogP contribution is 2.21. The second-order valence-corrected chi connectivity index (χ2v) is 6.17. The van der Waals surface area contributed by atoms with Gasteiger partial charge in [-0.05, 0) is 51.1 Å². The fourth-order valence-corrected chi connectivity index (χ4v) is 3.34. The van der Waals surface area contributed by atoms with Gasteiger partial charge in [0.25, 0.3) is 0 Å². The highest BCUT2D eigenvalue weighted by atomic mass is 35.5. The Morgan fingerprint density at radius 3 is 2.35 bits per heavy atom. The molecule has 2 rings (SSSR count). The van der Waals surface area contributed by atoms with Gasteiger partial charge in [0.1, 0.15) is 0 Å². The summed E-state index contributed by atoms with van der Waals surface area (Å²) in [7, 11) is 0. The molecule has 1 amide bonds. The maximum absolute atomic E-state index is 12.1. The molecule has 0 radical (unpaired) electrons. The van der Waals surface area contributed by atoms with Gasteiger partial charge in [-0.25, -0.2) is 0 Å². The quantitative estimate of drug-likeness (QED) is 0.843. The lowest BCUT2D eigenvalue weighted by atomic mass is 9.95. The van der Waals surface area contributed by atoms with Gasteiger partial charge >= 0.3 is 0 Å². The van der Waals surface area contributed by atoms with E-state index in [9.17, 15) is 4.79 Å². The summed E-state index contributed by atoms with van der Waals surface area (Å²) in [5.41, 5.74) is 5.93. The molecular weight excluding hydrogens is 274 g/mol. The molecule has 2 saturated heterocycles. The Morgan fingerprint density at radius 1 is 1.20 bits per heavy atom. The molecule has 2 aliphatic heterocycles. The molecule has 2 N–H and O–H groups in total. The lowest BCUT2D eigenvalue weighted by Crippen LogP contribution is -2.48. The van der Waals surface area contributed by atoms with Crippen LogP contribution < -0.4 is 5.73 Å². The number of nitrogens with zero attached hydrogens (tertiary/aromatic N) is 2. The molecule has 20 heavy (non-hydrogen) atoms. The molecule has 0 saturated carbocycles. The third-order valence-electron chi connectivity index (χ3n) is 4.56. The second-order valence-electron chi connectivity index (χ2n) is 6.17. The molecule has 2 aliphatic rings. The molecule has 118 valence electrons. The fourth-order valence-electron chi connectivity index (χ4n) is 3.34. The molecule has 0 aromatic heterocycles. The van der Waals surface area contributed by atoms with Gasteiger partial charge in [-0.1, -0.05) is 13.3 Å². The van der Waals surface area contributed by atoms with Crippen LogP contribution in [0.1, 0.15) is 45.4 Å². The summed E-state index contributed by atoms with van der Waals surface area (Å²) in [6.07, 6.45) is 6.83. The molecule has 1 unspecified atom stereocenters. The number of piperidine rings is 1. The fraction of sp³-hybridized carbons (Fsp3) is 0.933. The highest BCUT2D eigenvalue weighted by molar-refractivity contribution is 5.85. The van der Waals surface area contributed by atoms with Gasteiger partial charge < -0.3 is 15.5 Å². The number of hydrogen-bond acceptors (Lipinski definition) is 3. The van der Waals surface area contributed by atoms with Crippen molar-refractivity contribution in [1.82, 2.24) is 9.80 Å². The van der Waals surface area contributed by atoms with Crippen molar-refractivity contribution in [2.75, 3.05) is 32.7 Å². The summed E-state index contributed by atoms with van der Waals surface area (Å²) >= 11 is 0. The number of carbonyl (C=O) groups excluding carboxylic acids is 1. The Labute approximate surface area is 129 Å². The van der Waals surface area contributed by atoms with E-state index < -0.39 is 0 Å². The van der Waals surface area contributed by atoms with Crippen LogP contribution in [0.3, 0.4) is 0 Å². The molecule has 5 heteroatoms. The normalized spacial score (nSPS) is 22.6. The van der Waals surface area contributed by atoms with Crippen molar-refractivity contribution < 1.29 is 4.79 Å². The van der Waals surface area contributed by atoms with Crippen molar-refractivity contribution in [3.05, 3.63) is 0 Å². The average molecular weight is 304 g/mol. The van der Waals surface area contributed by atoms with Crippen LogP contribution in [0.5, 0.6) is 0 Å². The summed E-state index contributed by atoms with van der Waals surface area (Å²) < 4.78 is 0. The minimum atomic E-state index is -0.278. The lowest BCUT2D eigenvalue weighted by molar-refractivity contribution is -0.134. The van der Waals surface area contributed by atoms with Gasteiger partial charge in [-0.2, -0.15) is 0 Å². The summed E-state index contributed by atoms with van der Waals surface area (Å²) in [6, 6.07) is -0.278. The molecule has 0 aromatic rings. The van der Waals surface area contributed by atoms with E-state index in [1.807, 2.05) is 4.90 Å². The summed E-state index contributed by atoms with van der Waals surface area (Å²) in [4.78, 5) is 16.7. The van der Waals surface area contributed by atoms with Crippen LogP contribution in [0.4, 0.5) is 0 Å². The molecule has 0 bridgehead atoms. The van der Waals surface area contributed by atoms with Gasteiger partial charge in [0.2, 0.25) is 5.91 Å². The molecule has 0 aliphatic carbocycles. The van der Waals surface area contributed by atoms with E-state index in [4.69, 9.17) is 5.73 Å². The highest BCUT2D eigenvalue weighted by Gasteiger charge is 2.27. The van der Waals surface area contributed by atoms with E-state index in [2.05, 4.69) is 11.8 Å². The van der Waals surface area contributed by atoms with Crippen molar-refractivity contribution in [3.8, 4) is 0 Å². The number of likely N-dealkylation sites (tertiary alicyclic amines) is 2. The first kappa shape index (κ1) is 17.7.